The molecule has 10 rings (SSSR count). The van der Waals surface area contributed by atoms with Gasteiger partial charge in [0.05, 0.1) is 5.39 Å². The molecule has 0 radical (unpaired) electrons. The average molecular weight is 750 g/mol. The maximum Gasteiger partial charge on any atom is 0.348 e. The number of benzene rings is 8. The van der Waals surface area contributed by atoms with Gasteiger partial charge < -0.3 is 9.52 Å². The van der Waals surface area contributed by atoms with E-state index in [0.717, 1.165) is 39.2 Å². The molecule has 0 amide bonds. The molecule has 4 heteroatoms. The number of hydrogen-bond acceptors (Lipinski definition) is 3. The Morgan fingerprint density at radius 1 is 0.547 bits per heavy atom. The van der Waals surface area contributed by atoms with E-state index in [1.54, 1.807) is 6.07 Å². The van der Waals surface area contributed by atoms with Crippen molar-refractivity contribution in [3.8, 4) is 28.0 Å². The Balaban J connectivity index is 1.21. The van der Waals surface area contributed by atoms with Crippen molar-refractivity contribution in [1.82, 2.24) is 0 Å². The van der Waals surface area contributed by atoms with Crippen molar-refractivity contribution in [3.63, 3.8) is 0 Å². The van der Waals surface area contributed by atoms with Gasteiger partial charge in [0.2, 0.25) is 0 Å². The van der Waals surface area contributed by atoms with Crippen molar-refractivity contribution >= 4 is 59.2 Å². The third-order valence-electron chi connectivity index (χ3n) is 11.4. The predicted molar refractivity (Wildman–Crippen MR) is 221 cm³/mol. The Kier molecular flexibility index (Phi) is 7.55. The SMILES string of the molecule is O=c1oc2ccccc2c(O)c1-c1c(C2CC(c3ccc(-c4ccc(Br)cc4)cc3)Cc3c2ccc2c3ccc3ccccc32)ccc2ccccc12. The normalized spacial score (nSPS) is 15.6. The maximum absolute atomic E-state index is 14.0. The van der Waals surface area contributed by atoms with Crippen LogP contribution in [0.2, 0.25) is 0 Å². The Bertz CT molecular complexity index is 2940. The highest BCUT2D eigenvalue weighted by Gasteiger charge is 2.34. The second-order valence-corrected chi connectivity index (χ2v) is 15.1. The lowest BCUT2D eigenvalue weighted by atomic mass is 9.69. The third-order valence-corrected chi connectivity index (χ3v) is 11.9. The second-order valence-electron chi connectivity index (χ2n) is 14.2. The molecule has 0 spiro atoms. The molecule has 0 saturated carbocycles. The lowest BCUT2D eigenvalue weighted by Crippen LogP contribution is -2.20. The van der Waals surface area contributed by atoms with Gasteiger partial charge in [0.15, 0.2) is 0 Å². The molecule has 1 N–H and O–H groups in total. The highest BCUT2D eigenvalue weighted by atomic mass is 79.9. The van der Waals surface area contributed by atoms with Gasteiger partial charge in [-0.1, -0.05) is 149 Å². The minimum Gasteiger partial charge on any atom is -0.506 e. The Morgan fingerprint density at radius 2 is 1.15 bits per heavy atom. The molecule has 2 atom stereocenters. The zero-order valence-electron chi connectivity index (χ0n) is 28.7. The zero-order chi connectivity index (χ0) is 35.6. The van der Waals surface area contributed by atoms with Crippen LogP contribution in [0.15, 0.2) is 171 Å². The number of rotatable bonds is 4. The highest BCUT2D eigenvalue weighted by Crippen LogP contribution is 2.50. The van der Waals surface area contributed by atoms with E-state index in [2.05, 4.69) is 137 Å². The van der Waals surface area contributed by atoms with Crippen molar-refractivity contribution in [2.75, 3.05) is 0 Å². The Morgan fingerprint density at radius 3 is 1.92 bits per heavy atom. The first kappa shape index (κ1) is 31.7. The summed E-state index contributed by atoms with van der Waals surface area (Å²) in [4.78, 5) is 14.0. The fourth-order valence-corrected chi connectivity index (χ4v) is 9.08. The van der Waals surface area contributed by atoms with E-state index in [-0.39, 0.29) is 23.1 Å². The first-order chi connectivity index (χ1) is 26.0. The van der Waals surface area contributed by atoms with Gasteiger partial charge in [-0.05, 0) is 109 Å². The van der Waals surface area contributed by atoms with Crippen LogP contribution < -0.4 is 5.63 Å². The summed E-state index contributed by atoms with van der Waals surface area (Å²) in [5, 5.41) is 19.3. The number of aromatic hydroxyl groups is 1. The molecular weight excluding hydrogens is 716 g/mol. The van der Waals surface area contributed by atoms with E-state index in [9.17, 15) is 9.90 Å². The number of hydrogen-bond donors (Lipinski definition) is 1. The molecule has 0 aliphatic heterocycles. The summed E-state index contributed by atoms with van der Waals surface area (Å²) >= 11 is 3.57. The van der Waals surface area contributed by atoms with E-state index >= 15 is 0 Å². The summed E-state index contributed by atoms with van der Waals surface area (Å²) in [6.45, 7) is 0. The van der Waals surface area contributed by atoms with Crippen LogP contribution in [-0.4, -0.2) is 5.11 Å². The van der Waals surface area contributed by atoms with Crippen LogP contribution in [0.25, 0.3) is 65.5 Å². The van der Waals surface area contributed by atoms with Crippen LogP contribution in [0.5, 0.6) is 5.75 Å². The van der Waals surface area contributed by atoms with Crippen molar-refractivity contribution in [3.05, 3.63) is 195 Å². The molecule has 1 heterocycles. The average Bonchev–Trinajstić information content (AvgIpc) is 3.20. The molecule has 3 nitrogen and oxygen atoms in total. The van der Waals surface area contributed by atoms with Crippen LogP contribution >= 0.6 is 15.9 Å². The van der Waals surface area contributed by atoms with Gasteiger partial charge in [-0.3, -0.25) is 0 Å². The third kappa shape index (κ3) is 5.28. The van der Waals surface area contributed by atoms with E-state index in [0.29, 0.717) is 11.0 Å². The minimum absolute atomic E-state index is 0.0458. The summed E-state index contributed by atoms with van der Waals surface area (Å²) in [5.41, 5.74) is 8.03. The summed E-state index contributed by atoms with van der Waals surface area (Å²) in [5.74, 6) is 0.107. The molecule has 0 bridgehead atoms. The maximum atomic E-state index is 14.0. The summed E-state index contributed by atoms with van der Waals surface area (Å²) < 4.78 is 6.98. The van der Waals surface area contributed by atoms with Crippen LogP contribution in [0, 0.1) is 0 Å². The summed E-state index contributed by atoms with van der Waals surface area (Å²) in [6.07, 6.45) is 1.74. The van der Waals surface area contributed by atoms with Crippen LogP contribution in [0.4, 0.5) is 0 Å². The molecule has 1 aliphatic carbocycles. The quantitative estimate of drug-likeness (QED) is 0.144. The van der Waals surface area contributed by atoms with Crippen molar-refractivity contribution < 1.29 is 9.52 Å². The molecule has 1 aromatic heterocycles. The predicted octanol–water partition coefficient (Wildman–Crippen LogP) is 12.9. The van der Waals surface area contributed by atoms with Crippen LogP contribution in [0.3, 0.4) is 0 Å². The van der Waals surface area contributed by atoms with Gasteiger partial charge in [0, 0.05) is 16.0 Å². The standard InChI is InChI=1S/C49H33BrO3/c50-35-21-17-30(18-22-35)29-13-15-31(16-14-29)34-27-43-39-23-19-32-7-1-3-9-36(32)38(39)25-26-40(43)44(28-34)41-24-20-33-8-2-4-10-37(33)46(41)47-48(51)42-11-5-6-12-45(42)53-49(47)52/h1-26,34,44,51H,27-28H2. The van der Waals surface area contributed by atoms with E-state index in [4.69, 9.17) is 4.42 Å². The first-order valence-electron chi connectivity index (χ1n) is 18.1. The van der Waals surface area contributed by atoms with Gasteiger partial charge in [0.25, 0.3) is 0 Å². The van der Waals surface area contributed by atoms with E-state index < -0.39 is 5.63 Å². The molecule has 0 saturated heterocycles. The van der Waals surface area contributed by atoms with E-state index in [1.165, 1.54) is 49.4 Å². The summed E-state index contributed by atoms with van der Waals surface area (Å²) in [7, 11) is 0. The Hall–Kier alpha value is -5.97. The number of halogens is 1. The Labute approximate surface area is 314 Å². The molecule has 53 heavy (non-hydrogen) atoms. The van der Waals surface area contributed by atoms with Crippen LogP contribution in [-0.2, 0) is 6.42 Å². The zero-order valence-corrected chi connectivity index (χ0v) is 30.3. The molecule has 254 valence electrons. The molecule has 8 aromatic carbocycles. The van der Waals surface area contributed by atoms with Gasteiger partial charge in [-0.15, -0.1) is 0 Å². The van der Waals surface area contributed by atoms with Crippen molar-refractivity contribution in [2.45, 2.75) is 24.7 Å². The molecule has 1 aliphatic rings. The van der Waals surface area contributed by atoms with Crippen LogP contribution in [0.1, 0.15) is 40.5 Å². The largest absolute Gasteiger partial charge is 0.506 e. The summed E-state index contributed by atoms with van der Waals surface area (Å²) in [6, 6.07) is 54.8. The molecule has 0 fully saturated rings. The minimum atomic E-state index is -0.542. The lowest BCUT2D eigenvalue weighted by molar-refractivity contribution is 0.471. The molecule has 9 aromatic rings. The number of fused-ring (bicyclic) bond motifs is 7. The van der Waals surface area contributed by atoms with Gasteiger partial charge >= 0.3 is 5.63 Å². The van der Waals surface area contributed by atoms with Crippen molar-refractivity contribution in [2.24, 2.45) is 0 Å². The van der Waals surface area contributed by atoms with Gasteiger partial charge in [0.1, 0.15) is 16.9 Å². The van der Waals surface area contributed by atoms with Gasteiger partial charge in [-0.25, -0.2) is 4.79 Å². The van der Waals surface area contributed by atoms with Gasteiger partial charge in [-0.2, -0.15) is 0 Å². The lowest BCUT2D eigenvalue weighted by Gasteiger charge is -2.35. The smallest absolute Gasteiger partial charge is 0.348 e. The van der Waals surface area contributed by atoms with E-state index in [1.807, 2.05) is 30.3 Å². The van der Waals surface area contributed by atoms with Crippen molar-refractivity contribution in [1.29, 1.82) is 0 Å². The monoisotopic (exact) mass is 748 g/mol. The molecule has 2 unspecified atom stereocenters. The fraction of sp³-hybridized carbons (Fsp3) is 0.0816. The molecular formula is C49H33BrO3. The number of para-hydroxylation sites is 1. The highest BCUT2D eigenvalue weighted by molar-refractivity contribution is 9.10. The first-order valence-corrected chi connectivity index (χ1v) is 18.9. The topological polar surface area (TPSA) is 50.4 Å². The second kappa shape index (κ2) is 12.6. The fourth-order valence-electron chi connectivity index (χ4n) is 8.81.